The highest BCUT2D eigenvalue weighted by Crippen LogP contribution is 2.19. The van der Waals surface area contributed by atoms with Crippen LogP contribution in [0.4, 0.5) is 9.93 Å². The first-order valence-corrected chi connectivity index (χ1v) is 10.3. The summed E-state index contributed by atoms with van der Waals surface area (Å²) >= 11 is 1.38. The molecule has 0 radical (unpaired) electrons. The molecular formula is C19H25N5O2S. The van der Waals surface area contributed by atoms with E-state index in [1.54, 1.807) is 6.20 Å². The largest absolute Gasteiger partial charge is 0.350 e. The number of amides is 3. The van der Waals surface area contributed by atoms with Crippen LogP contribution in [-0.4, -0.2) is 27.9 Å². The van der Waals surface area contributed by atoms with Crippen molar-refractivity contribution in [2.45, 2.75) is 57.5 Å². The van der Waals surface area contributed by atoms with E-state index in [0.717, 1.165) is 24.2 Å². The maximum atomic E-state index is 12.1. The third kappa shape index (κ3) is 6.63. The molecule has 144 valence electrons. The zero-order chi connectivity index (χ0) is 18.9. The number of nitrogens with one attached hydrogen (secondary N) is 3. The number of pyridine rings is 1. The van der Waals surface area contributed by atoms with Crippen LogP contribution < -0.4 is 16.0 Å². The van der Waals surface area contributed by atoms with Gasteiger partial charge in [0, 0.05) is 24.0 Å². The van der Waals surface area contributed by atoms with E-state index in [9.17, 15) is 9.59 Å². The van der Waals surface area contributed by atoms with Crippen LogP contribution in [0.3, 0.4) is 0 Å². The van der Waals surface area contributed by atoms with Crippen molar-refractivity contribution in [3.05, 3.63) is 41.2 Å². The number of urea groups is 1. The van der Waals surface area contributed by atoms with Crippen molar-refractivity contribution in [1.82, 2.24) is 20.6 Å². The van der Waals surface area contributed by atoms with Gasteiger partial charge in [0.15, 0.2) is 5.13 Å². The second-order valence-electron chi connectivity index (χ2n) is 6.68. The molecule has 2 heterocycles. The van der Waals surface area contributed by atoms with Crippen LogP contribution in [0.2, 0.25) is 0 Å². The van der Waals surface area contributed by atoms with Crippen molar-refractivity contribution in [3.63, 3.8) is 0 Å². The molecule has 0 bridgehead atoms. The summed E-state index contributed by atoms with van der Waals surface area (Å²) in [5.74, 6) is -0.0433. The molecule has 3 N–H and O–H groups in total. The third-order valence-corrected chi connectivity index (χ3v) is 5.32. The fourth-order valence-corrected chi connectivity index (χ4v) is 3.81. The number of aromatic nitrogens is 2. The van der Waals surface area contributed by atoms with Gasteiger partial charge in [-0.25, -0.2) is 9.78 Å². The molecule has 0 atom stereocenters. The van der Waals surface area contributed by atoms with Gasteiger partial charge in [0.1, 0.15) is 0 Å². The first-order valence-electron chi connectivity index (χ1n) is 9.37. The maximum absolute atomic E-state index is 12.1. The van der Waals surface area contributed by atoms with Crippen molar-refractivity contribution in [2.75, 3.05) is 5.32 Å². The molecule has 2 aromatic rings. The second-order valence-corrected chi connectivity index (χ2v) is 7.53. The maximum Gasteiger partial charge on any atom is 0.321 e. The van der Waals surface area contributed by atoms with Gasteiger partial charge in [-0.2, -0.15) is 0 Å². The Kier molecular flexibility index (Phi) is 7.15. The van der Waals surface area contributed by atoms with E-state index in [2.05, 4.69) is 25.9 Å². The third-order valence-electron chi connectivity index (χ3n) is 4.51. The number of aryl methyl sites for hydroxylation is 1. The predicted molar refractivity (Wildman–Crippen MR) is 106 cm³/mol. The predicted octanol–water partition coefficient (Wildman–Crippen LogP) is 3.24. The van der Waals surface area contributed by atoms with Gasteiger partial charge in [0.05, 0.1) is 17.9 Å². The van der Waals surface area contributed by atoms with Gasteiger partial charge in [-0.1, -0.05) is 25.3 Å². The summed E-state index contributed by atoms with van der Waals surface area (Å²) in [7, 11) is 0. The molecule has 1 fully saturated rings. The number of nitrogens with zero attached hydrogens (tertiary/aromatic N) is 2. The molecular weight excluding hydrogens is 362 g/mol. The summed E-state index contributed by atoms with van der Waals surface area (Å²) < 4.78 is 0. The summed E-state index contributed by atoms with van der Waals surface area (Å²) in [5, 5.41) is 11.1. The molecule has 0 saturated heterocycles. The zero-order valence-electron chi connectivity index (χ0n) is 15.2. The molecule has 1 aliphatic rings. The van der Waals surface area contributed by atoms with E-state index in [1.165, 1.54) is 30.6 Å². The molecule has 1 aliphatic carbocycles. The Balaban J connectivity index is 1.37. The van der Waals surface area contributed by atoms with E-state index in [-0.39, 0.29) is 18.0 Å². The van der Waals surface area contributed by atoms with Crippen molar-refractivity contribution in [1.29, 1.82) is 0 Å². The van der Waals surface area contributed by atoms with Crippen LogP contribution in [0.25, 0.3) is 0 Å². The Morgan fingerprint density at radius 2 is 2.00 bits per heavy atom. The van der Waals surface area contributed by atoms with E-state index in [1.807, 2.05) is 23.6 Å². The molecule has 7 nitrogen and oxygen atoms in total. The van der Waals surface area contributed by atoms with Crippen molar-refractivity contribution >= 4 is 28.4 Å². The molecule has 27 heavy (non-hydrogen) atoms. The number of carbonyl (C=O) groups excluding carboxylic acids is 2. The Hall–Kier alpha value is -2.48. The smallest absolute Gasteiger partial charge is 0.321 e. The number of rotatable bonds is 7. The van der Waals surface area contributed by atoms with Crippen molar-refractivity contribution in [3.8, 4) is 0 Å². The lowest BCUT2D eigenvalue weighted by Crippen LogP contribution is -2.39. The minimum absolute atomic E-state index is 0.0433. The summed E-state index contributed by atoms with van der Waals surface area (Å²) in [6.07, 6.45) is 8.29. The summed E-state index contributed by atoms with van der Waals surface area (Å²) in [4.78, 5) is 32.6. The molecule has 8 heteroatoms. The first kappa shape index (κ1) is 19.3. The number of anilines is 1. The van der Waals surface area contributed by atoms with Crippen LogP contribution in [0, 0.1) is 0 Å². The van der Waals surface area contributed by atoms with Crippen LogP contribution in [0.15, 0.2) is 29.8 Å². The highest BCUT2D eigenvalue weighted by molar-refractivity contribution is 7.13. The molecule has 0 aromatic carbocycles. The number of hydrogen-bond donors (Lipinski definition) is 3. The lowest BCUT2D eigenvalue weighted by Gasteiger charge is -2.22. The first-order chi connectivity index (χ1) is 13.2. The van der Waals surface area contributed by atoms with Crippen LogP contribution in [0.1, 0.15) is 49.9 Å². The van der Waals surface area contributed by atoms with E-state index >= 15 is 0 Å². The fourth-order valence-electron chi connectivity index (χ4n) is 3.07. The highest BCUT2D eigenvalue weighted by Gasteiger charge is 2.16. The molecule has 0 unspecified atom stereocenters. The van der Waals surface area contributed by atoms with E-state index in [4.69, 9.17) is 0 Å². The van der Waals surface area contributed by atoms with Gasteiger partial charge in [-0.15, -0.1) is 11.3 Å². The Bertz CT molecular complexity index is 744. The van der Waals surface area contributed by atoms with Gasteiger partial charge in [0.25, 0.3) is 0 Å². The SMILES string of the molecule is O=C(CCc1csc(NC(=O)NC2CCCCC2)n1)NCc1ccccn1. The molecule has 3 amide bonds. The Morgan fingerprint density at radius 3 is 2.78 bits per heavy atom. The number of carbonyl (C=O) groups is 2. The fraction of sp³-hybridized carbons (Fsp3) is 0.474. The van der Waals surface area contributed by atoms with Gasteiger partial charge < -0.3 is 10.6 Å². The van der Waals surface area contributed by atoms with Crippen LogP contribution in [0.5, 0.6) is 0 Å². The van der Waals surface area contributed by atoms with Crippen LogP contribution >= 0.6 is 11.3 Å². The second kappa shape index (κ2) is 10.0. The minimum Gasteiger partial charge on any atom is -0.350 e. The average molecular weight is 388 g/mol. The monoisotopic (exact) mass is 387 g/mol. The Morgan fingerprint density at radius 1 is 1.15 bits per heavy atom. The van der Waals surface area contributed by atoms with E-state index in [0.29, 0.717) is 24.5 Å². The normalized spacial score (nSPS) is 14.5. The van der Waals surface area contributed by atoms with Gasteiger partial charge in [-0.05, 0) is 31.4 Å². The van der Waals surface area contributed by atoms with E-state index < -0.39 is 0 Å². The van der Waals surface area contributed by atoms with Gasteiger partial charge >= 0.3 is 6.03 Å². The molecule has 2 aromatic heterocycles. The lowest BCUT2D eigenvalue weighted by molar-refractivity contribution is -0.121. The lowest BCUT2D eigenvalue weighted by atomic mass is 9.96. The highest BCUT2D eigenvalue weighted by atomic mass is 32.1. The molecule has 0 aliphatic heterocycles. The Labute approximate surface area is 163 Å². The van der Waals surface area contributed by atoms with Crippen LogP contribution in [-0.2, 0) is 17.8 Å². The quantitative estimate of drug-likeness (QED) is 0.679. The minimum atomic E-state index is -0.198. The zero-order valence-corrected chi connectivity index (χ0v) is 16.1. The van der Waals surface area contributed by atoms with Gasteiger partial charge in [-0.3, -0.25) is 15.1 Å². The average Bonchev–Trinajstić information content (AvgIpc) is 3.13. The van der Waals surface area contributed by atoms with Crippen molar-refractivity contribution < 1.29 is 9.59 Å². The summed E-state index contributed by atoms with van der Waals surface area (Å²) in [6.45, 7) is 0.422. The van der Waals surface area contributed by atoms with Gasteiger partial charge in [0.2, 0.25) is 5.91 Å². The number of thiazole rings is 1. The topological polar surface area (TPSA) is 96.0 Å². The number of hydrogen-bond acceptors (Lipinski definition) is 5. The molecule has 3 rings (SSSR count). The molecule has 1 saturated carbocycles. The summed E-state index contributed by atoms with van der Waals surface area (Å²) in [5.41, 5.74) is 1.64. The van der Waals surface area contributed by atoms with Crippen molar-refractivity contribution in [2.24, 2.45) is 0 Å². The molecule has 0 spiro atoms. The standard InChI is InChI=1S/C19H25N5O2S/c25-17(21-12-15-8-4-5-11-20-15)10-9-16-13-27-19(23-16)24-18(26)22-14-6-2-1-3-7-14/h4-5,8,11,13-14H,1-3,6-7,9-10,12H2,(H,21,25)(H2,22,23,24,26). The summed E-state index contributed by atoms with van der Waals surface area (Å²) in [6, 6.07) is 5.67.